The molecule has 2 aromatic rings. The molecule has 0 aliphatic carbocycles. The molecule has 1 aliphatic rings. The monoisotopic (exact) mass is 381 g/mol. The van der Waals surface area contributed by atoms with Crippen LogP contribution in [0.15, 0.2) is 52.7 Å². The smallest absolute Gasteiger partial charge is 0.243 e. The fourth-order valence-electron chi connectivity index (χ4n) is 2.56. The summed E-state index contributed by atoms with van der Waals surface area (Å²) in [4.78, 5) is 3.60. The number of benzene rings is 1. The molecule has 1 saturated heterocycles. The Morgan fingerprint density at radius 2 is 1.79 bits per heavy atom. The zero-order valence-electron chi connectivity index (χ0n) is 13.1. The van der Waals surface area contributed by atoms with E-state index in [-0.39, 0.29) is 0 Å². The summed E-state index contributed by atoms with van der Waals surface area (Å²) in [6.45, 7) is 2.79. The minimum absolute atomic E-state index is 0.344. The van der Waals surface area contributed by atoms with Gasteiger partial charge in [-0.05, 0) is 35.8 Å². The molecule has 0 amide bonds. The van der Waals surface area contributed by atoms with Crippen molar-refractivity contribution in [3.63, 3.8) is 0 Å². The Labute approximate surface area is 152 Å². The third-order valence-electron chi connectivity index (χ3n) is 3.90. The van der Waals surface area contributed by atoms with E-state index in [4.69, 9.17) is 12.2 Å². The first-order valence-corrected chi connectivity index (χ1v) is 10.4. The van der Waals surface area contributed by atoms with Crippen molar-refractivity contribution in [3.05, 3.63) is 52.7 Å². The van der Waals surface area contributed by atoms with Gasteiger partial charge in [0.2, 0.25) is 10.0 Å². The third kappa shape index (κ3) is 3.94. The Morgan fingerprint density at radius 1 is 1.08 bits per heavy atom. The summed E-state index contributed by atoms with van der Waals surface area (Å²) in [6, 6.07) is 12.6. The first kappa shape index (κ1) is 17.3. The third-order valence-corrected chi connectivity index (χ3v) is 7.09. The minimum atomic E-state index is -3.41. The molecule has 0 bridgehead atoms. The second kappa shape index (κ2) is 7.60. The van der Waals surface area contributed by atoms with Crippen molar-refractivity contribution < 1.29 is 8.42 Å². The van der Waals surface area contributed by atoms with Crippen LogP contribution in [0.5, 0.6) is 0 Å². The molecule has 1 fully saturated rings. The number of hydrogen-bond donors (Lipinski definition) is 1. The van der Waals surface area contributed by atoms with Crippen LogP contribution in [-0.4, -0.2) is 48.9 Å². The summed E-state index contributed by atoms with van der Waals surface area (Å²) < 4.78 is 26.7. The van der Waals surface area contributed by atoms with Gasteiger partial charge in [0.1, 0.15) is 0 Å². The van der Waals surface area contributed by atoms with E-state index in [2.05, 4.69) is 11.4 Å². The van der Waals surface area contributed by atoms with Crippen molar-refractivity contribution in [3.8, 4) is 0 Å². The molecule has 0 radical (unpaired) electrons. The molecule has 0 saturated carbocycles. The lowest BCUT2D eigenvalue weighted by molar-refractivity contribution is 0.264. The summed E-state index contributed by atoms with van der Waals surface area (Å²) in [5.74, 6) is 0. The van der Waals surface area contributed by atoms with E-state index in [9.17, 15) is 8.42 Å². The second-order valence-corrected chi connectivity index (χ2v) is 8.80. The number of rotatable bonds is 4. The largest absolute Gasteiger partial charge is 0.358 e. The van der Waals surface area contributed by atoms with E-state index in [1.54, 1.807) is 35.6 Å². The highest BCUT2D eigenvalue weighted by Crippen LogP contribution is 2.17. The zero-order valence-corrected chi connectivity index (χ0v) is 15.5. The summed E-state index contributed by atoms with van der Waals surface area (Å²) >= 11 is 7.11. The number of sulfonamides is 1. The average Bonchev–Trinajstić information content (AvgIpc) is 3.14. The molecule has 24 heavy (non-hydrogen) atoms. The van der Waals surface area contributed by atoms with Gasteiger partial charge in [-0.3, -0.25) is 0 Å². The molecule has 0 spiro atoms. The summed E-state index contributed by atoms with van der Waals surface area (Å²) in [5, 5.41) is 5.96. The normalized spacial score (nSPS) is 16.1. The van der Waals surface area contributed by atoms with E-state index in [1.807, 2.05) is 22.4 Å². The van der Waals surface area contributed by atoms with Crippen LogP contribution < -0.4 is 5.32 Å². The molecule has 5 nitrogen and oxygen atoms in total. The lowest BCUT2D eigenvalue weighted by Gasteiger charge is -2.35. The van der Waals surface area contributed by atoms with Crippen molar-refractivity contribution in [1.29, 1.82) is 0 Å². The van der Waals surface area contributed by atoms with Gasteiger partial charge in [0.05, 0.1) is 11.4 Å². The molecule has 2 heterocycles. The Hall–Kier alpha value is -1.48. The molecule has 1 aliphatic heterocycles. The van der Waals surface area contributed by atoms with E-state index < -0.39 is 10.0 Å². The number of piperazine rings is 1. The van der Waals surface area contributed by atoms with Gasteiger partial charge >= 0.3 is 0 Å². The summed E-state index contributed by atoms with van der Waals surface area (Å²) in [6.07, 6.45) is 0. The van der Waals surface area contributed by atoms with Gasteiger partial charge in [0, 0.05) is 31.1 Å². The maximum absolute atomic E-state index is 12.6. The standard InChI is InChI=1S/C16H19N3O2S3/c20-24(21,15-6-2-1-3-7-15)19-10-8-18(9-11-19)16(22)17-13-14-5-4-12-23-14/h1-7,12H,8-11,13H2,(H,17,22). The average molecular weight is 382 g/mol. The van der Waals surface area contributed by atoms with Crippen LogP contribution in [0.4, 0.5) is 0 Å². The van der Waals surface area contributed by atoms with Gasteiger partial charge in [0.25, 0.3) is 0 Å². The number of hydrogen-bond acceptors (Lipinski definition) is 4. The number of nitrogens with zero attached hydrogens (tertiary/aromatic N) is 2. The van der Waals surface area contributed by atoms with Gasteiger partial charge in [-0.1, -0.05) is 24.3 Å². The fraction of sp³-hybridized carbons (Fsp3) is 0.312. The topological polar surface area (TPSA) is 52.7 Å². The predicted octanol–water partition coefficient (Wildman–Crippen LogP) is 2.13. The zero-order chi connectivity index (χ0) is 17.0. The van der Waals surface area contributed by atoms with Crippen LogP contribution in [0.25, 0.3) is 0 Å². The molecular weight excluding hydrogens is 362 g/mol. The highest BCUT2D eigenvalue weighted by atomic mass is 32.2. The molecule has 1 N–H and O–H groups in total. The minimum Gasteiger partial charge on any atom is -0.358 e. The Balaban J connectivity index is 1.54. The molecule has 0 atom stereocenters. The molecule has 0 unspecified atom stereocenters. The lowest BCUT2D eigenvalue weighted by atomic mass is 10.4. The first-order chi connectivity index (χ1) is 11.6. The molecule has 1 aromatic heterocycles. The van der Waals surface area contributed by atoms with Crippen LogP contribution in [0.1, 0.15) is 4.88 Å². The van der Waals surface area contributed by atoms with Gasteiger partial charge in [-0.15, -0.1) is 11.3 Å². The van der Waals surface area contributed by atoms with E-state index in [1.165, 1.54) is 9.18 Å². The quantitative estimate of drug-likeness (QED) is 0.823. The Bertz CT molecular complexity index is 768. The molecule has 1 aromatic carbocycles. The van der Waals surface area contributed by atoms with Crippen LogP contribution in [0.2, 0.25) is 0 Å². The molecule has 128 valence electrons. The Kier molecular flexibility index (Phi) is 5.50. The summed E-state index contributed by atoms with van der Waals surface area (Å²) in [5.41, 5.74) is 0. The first-order valence-electron chi connectivity index (χ1n) is 7.68. The van der Waals surface area contributed by atoms with E-state index >= 15 is 0 Å². The van der Waals surface area contributed by atoms with Crippen LogP contribution in [0, 0.1) is 0 Å². The second-order valence-electron chi connectivity index (χ2n) is 5.44. The Morgan fingerprint density at radius 3 is 2.42 bits per heavy atom. The SMILES string of the molecule is O=S(=O)(c1ccccc1)N1CCN(C(=S)NCc2cccs2)CC1. The fourth-order valence-corrected chi connectivity index (χ4v) is 4.90. The predicted molar refractivity (Wildman–Crippen MR) is 101 cm³/mol. The highest BCUT2D eigenvalue weighted by Gasteiger charge is 2.28. The van der Waals surface area contributed by atoms with Crippen molar-refractivity contribution in [2.75, 3.05) is 26.2 Å². The maximum Gasteiger partial charge on any atom is 0.243 e. The van der Waals surface area contributed by atoms with Crippen LogP contribution in [-0.2, 0) is 16.6 Å². The van der Waals surface area contributed by atoms with Gasteiger partial charge in [-0.25, -0.2) is 8.42 Å². The lowest BCUT2D eigenvalue weighted by Crippen LogP contribution is -2.52. The van der Waals surface area contributed by atoms with Crippen molar-refractivity contribution >= 4 is 38.7 Å². The van der Waals surface area contributed by atoms with Crippen molar-refractivity contribution in [2.24, 2.45) is 0 Å². The molecule has 8 heteroatoms. The van der Waals surface area contributed by atoms with Crippen LogP contribution >= 0.6 is 23.6 Å². The van der Waals surface area contributed by atoms with E-state index in [0.717, 1.165) is 0 Å². The number of thiocarbonyl (C=S) groups is 1. The van der Waals surface area contributed by atoms with Crippen molar-refractivity contribution in [1.82, 2.24) is 14.5 Å². The molecular formula is C16H19N3O2S3. The van der Waals surface area contributed by atoms with Crippen molar-refractivity contribution in [2.45, 2.75) is 11.4 Å². The van der Waals surface area contributed by atoms with E-state index in [0.29, 0.717) is 42.7 Å². The number of thiophene rings is 1. The maximum atomic E-state index is 12.6. The van der Waals surface area contributed by atoms with Gasteiger partial charge in [-0.2, -0.15) is 4.31 Å². The van der Waals surface area contributed by atoms with Gasteiger partial charge < -0.3 is 10.2 Å². The number of nitrogens with one attached hydrogen (secondary N) is 1. The summed E-state index contributed by atoms with van der Waals surface area (Å²) in [7, 11) is -3.41. The highest BCUT2D eigenvalue weighted by molar-refractivity contribution is 7.89. The van der Waals surface area contributed by atoms with Crippen LogP contribution in [0.3, 0.4) is 0 Å². The molecule has 3 rings (SSSR count). The van der Waals surface area contributed by atoms with Gasteiger partial charge in [0.15, 0.2) is 5.11 Å².